The second-order valence-electron chi connectivity index (χ2n) is 5.53. The molecule has 0 saturated heterocycles. The number of nitrogens with one attached hydrogen (secondary N) is 2. The fourth-order valence-corrected chi connectivity index (χ4v) is 2.96. The number of para-hydroxylation sites is 2. The number of aromatic nitrogens is 2. The molecule has 2 heterocycles. The highest BCUT2D eigenvalue weighted by Gasteiger charge is 2.06. The van der Waals surface area contributed by atoms with E-state index in [0.29, 0.717) is 5.52 Å². The first-order valence-electron chi connectivity index (χ1n) is 7.65. The van der Waals surface area contributed by atoms with Gasteiger partial charge in [0.05, 0.1) is 0 Å². The summed E-state index contributed by atoms with van der Waals surface area (Å²) in [6, 6.07) is 15.2. The zero-order valence-electron chi connectivity index (χ0n) is 12.5. The summed E-state index contributed by atoms with van der Waals surface area (Å²) in [5.41, 5.74) is 3.75. The van der Waals surface area contributed by atoms with E-state index in [4.69, 9.17) is 0 Å². The number of anilines is 1. The SMILES string of the molecule is Fc1cccc2c(NCCc3c[nH]c4ccccc34)ccnc12. The molecule has 0 unspecified atom stereocenters. The van der Waals surface area contributed by atoms with Gasteiger partial charge in [-0.25, -0.2) is 4.39 Å². The van der Waals surface area contributed by atoms with E-state index >= 15 is 0 Å². The molecule has 0 aliphatic carbocycles. The lowest BCUT2D eigenvalue weighted by Crippen LogP contribution is -2.05. The first-order chi connectivity index (χ1) is 11.3. The molecule has 4 aromatic rings. The van der Waals surface area contributed by atoms with Gasteiger partial charge in [0.25, 0.3) is 0 Å². The van der Waals surface area contributed by atoms with Crippen molar-refractivity contribution in [3.8, 4) is 0 Å². The Morgan fingerprint density at radius 3 is 2.83 bits per heavy atom. The summed E-state index contributed by atoms with van der Waals surface area (Å²) in [6.07, 6.45) is 4.58. The van der Waals surface area contributed by atoms with Crippen molar-refractivity contribution in [3.05, 3.63) is 72.3 Å². The van der Waals surface area contributed by atoms with Gasteiger partial charge in [0.2, 0.25) is 0 Å². The van der Waals surface area contributed by atoms with Crippen LogP contribution in [-0.2, 0) is 6.42 Å². The highest BCUT2D eigenvalue weighted by atomic mass is 19.1. The number of aromatic amines is 1. The van der Waals surface area contributed by atoms with Crippen LogP contribution in [0.2, 0.25) is 0 Å². The molecule has 0 fully saturated rings. The quantitative estimate of drug-likeness (QED) is 0.582. The second kappa shape index (κ2) is 5.72. The van der Waals surface area contributed by atoms with E-state index in [1.54, 1.807) is 12.3 Å². The summed E-state index contributed by atoms with van der Waals surface area (Å²) in [4.78, 5) is 7.41. The maximum absolute atomic E-state index is 13.8. The molecule has 2 aromatic heterocycles. The van der Waals surface area contributed by atoms with E-state index in [9.17, 15) is 4.39 Å². The Morgan fingerprint density at radius 1 is 1.00 bits per heavy atom. The third kappa shape index (κ3) is 2.52. The largest absolute Gasteiger partial charge is 0.384 e. The predicted molar refractivity (Wildman–Crippen MR) is 92.2 cm³/mol. The molecule has 4 rings (SSSR count). The maximum Gasteiger partial charge on any atom is 0.149 e. The molecule has 0 bridgehead atoms. The minimum absolute atomic E-state index is 0.289. The molecular weight excluding hydrogens is 289 g/mol. The van der Waals surface area contributed by atoms with Crippen LogP contribution in [0.25, 0.3) is 21.8 Å². The number of rotatable bonds is 4. The lowest BCUT2D eigenvalue weighted by atomic mass is 10.1. The average molecular weight is 305 g/mol. The Labute approximate surface area is 133 Å². The second-order valence-corrected chi connectivity index (χ2v) is 5.53. The van der Waals surface area contributed by atoms with Crippen molar-refractivity contribution in [2.45, 2.75) is 6.42 Å². The van der Waals surface area contributed by atoms with Gasteiger partial charge in [-0.15, -0.1) is 0 Å². The molecule has 0 saturated carbocycles. The standard InChI is InChI=1S/C19H16FN3/c20-16-6-3-5-15-18(9-11-22-19(15)16)21-10-8-13-12-23-17-7-2-1-4-14(13)17/h1-7,9,11-12,23H,8,10H2,(H,21,22). The molecule has 0 spiro atoms. The third-order valence-electron chi connectivity index (χ3n) is 4.11. The maximum atomic E-state index is 13.8. The highest BCUT2D eigenvalue weighted by molar-refractivity contribution is 5.91. The molecule has 3 nitrogen and oxygen atoms in total. The van der Waals surface area contributed by atoms with Gasteiger partial charge < -0.3 is 10.3 Å². The molecule has 0 radical (unpaired) electrons. The van der Waals surface area contributed by atoms with Crippen LogP contribution < -0.4 is 5.32 Å². The number of pyridine rings is 1. The fraction of sp³-hybridized carbons (Fsp3) is 0.105. The molecule has 0 aliphatic heterocycles. The molecule has 0 amide bonds. The first kappa shape index (κ1) is 13.8. The van der Waals surface area contributed by atoms with Crippen molar-refractivity contribution in [3.63, 3.8) is 0 Å². The van der Waals surface area contributed by atoms with Crippen molar-refractivity contribution in [1.82, 2.24) is 9.97 Å². The van der Waals surface area contributed by atoms with E-state index in [2.05, 4.69) is 33.6 Å². The number of H-pyrrole nitrogens is 1. The van der Waals surface area contributed by atoms with Gasteiger partial charge >= 0.3 is 0 Å². The average Bonchev–Trinajstić information content (AvgIpc) is 2.99. The summed E-state index contributed by atoms with van der Waals surface area (Å²) in [5.74, 6) is -0.289. The topological polar surface area (TPSA) is 40.7 Å². The molecule has 23 heavy (non-hydrogen) atoms. The third-order valence-corrected chi connectivity index (χ3v) is 4.11. The van der Waals surface area contributed by atoms with Crippen LogP contribution in [-0.4, -0.2) is 16.5 Å². The predicted octanol–water partition coefficient (Wildman–Crippen LogP) is 4.51. The van der Waals surface area contributed by atoms with Crippen LogP contribution >= 0.6 is 0 Å². The molecule has 0 aliphatic rings. The molecule has 2 aromatic carbocycles. The minimum Gasteiger partial charge on any atom is -0.384 e. The Bertz CT molecular complexity index is 975. The molecule has 4 heteroatoms. The Morgan fingerprint density at radius 2 is 1.87 bits per heavy atom. The normalized spacial score (nSPS) is 11.2. The summed E-state index contributed by atoms with van der Waals surface area (Å²) >= 11 is 0. The number of halogens is 1. The van der Waals surface area contributed by atoms with E-state index in [1.165, 1.54) is 17.0 Å². The lowest BCUT2D eigenvalue weighted by molar-refractivity contribution is 0.637. The Balaban J connectivity index is 1.55. The van der Waals surface area contributed by atoms with E-state index in [1.807, 2.05) is 24.3 Å². The Hall–Kier alpha value is -2.88. The number of benzene rings is 2. The molecule has 2 N–H and O–H groups in total. The zero-order chi connectivity index (χ0) is 15.6. The lowest BCUT2D eigenvalue weighted by Gasteiger charge is -2.09. The van der Waals surface area contributed by atoms with Crippen LogP contribution in [0.1, 0.15) is 5.56 Å². The number of fused-ring (bicyclic) bond motifs is 2. The van der Waals surface area contributed by atoms with Gasteiger partial charge in [-0.2, -0.15) is 0 Å². The van der Waals surface area contributed by atoms with E-state index in [0.717, 1.165) is 29.6 Å². The first-order valence-corrected chi connectivity index (χ1v) is 7.65. The van der Waals surface area contributed by atoms with Crippen LogP contribution in [0, 0.1) is 5.82 Å². The van der Waals surface area contributed by atoms with Crippen molar-refractivity contribution in [2.75, 3.05) is 11.9 Å². The van der Waals surface area contributed by atoms with Crippen molar-refractivity contribution in [1.29, 1.82) is 0 Å². The zero-order valence-corrected chi connectivity index (χ0v) is 12.5. The van der Waals surface area contributed by atoms with Gasteiger partial charge in [0, 0.05) is 40.9 Å². The smallest absolute Gasteiger partial charge is 0.149 e. The molecule has 114 valence electrons. The minimum atomic E-state index is -0.289. The number of hydrogen-bond acceptors (Lipinski definition) is 2. The highest BCUT2D eigenvalue weighted by Crippen LogP contribution is 2.24. The molecule has 0 atom stereocenters. The van der Waals surface area contributed by atoms with Crippen molar-refractivity contribution >= 4 is 27.5 Å². The monoisotopic (exact) mass is 305 g/mol. The summed E-state index contributed by atoms with van der Waals surface area (Å²) in [7, 11) is 0. The summed E-state index contributed by atoms with van der Waals surface area (Å²) in [6.45, 7) is 0.775. The molecular formula is C19H16FN3. The van der Waals surface area contributed by atoms with Crippen molar-refractivity contribution in [2.24, 2.45) is 0 Å². The fourth-order valence-electron chi connectivity index (χ4n) is 2.96. The van der Waals surface area contributed by atoms with Crippen LogP contribution in [0.3, 0.4) is 0 Å². The van der Waals surface area contributed by atoms with Crippen molar-refractivity contribution < 1.29 is 4.39 Å². The van der Waals surface area contributed by atoms with Crippen LogP contribution in [0.4, 0.5) is 10.1 Å². The van der Waals surface area contributed by atoms with Gasteiger partial charge in [0.15, 0.2) is 0 Å². The van der Waals surface area contributed by atoms with Crippen LogP contribution in [0.15, 0.2) is 60.9 Å². The van der Waals surface area contributed by atoms with Gasteiger partial charge in [-0.1, -0.05) is 30.3 Å². The number of nitrogens with zero attached hydrogens (tertiary/aromatic N) is 1. The van der Waals surface area contributed by atoms with Crippen LogP contribution in [0.5, 0.6) is 0 Å². The van der Waals surface area contributed by atoms with Gasteiger partial charge in [-0.3, -0.25) is 4.98 Å². The summed E-state index contributed by atoms with van der Waals surface area (Å²) < 4.78 is 13.8. The summed E-state index contributed by atoms with van der Waals surface area (Å²) in [5, 5.41) is 5.46. The Kier molecular flexibility index (Phi) is 3.42. The van der Waals surface area contributed by atoms with Gasteiger partial charge in [-0.05, 0) is 30.2 Å². The van der Waals surface area contributed by atoms with E-state index in [-0.39, 0.29) is 5.82 Å². The number of hydrogen-bond donors (Lipinski definition) is 2. The van der Waals surface area contributed by atoms with E-state index < -0.39 is 0 Å². The van der Waals surface area contributed by atoms with Gasteiger partial charge in [0.1, 0.15) is 11.3 Å².